The highest BCUT2D eigenvalue weighted by Gasteiger charge is 2.30. The second-order valence-corrected chi connectivity index (χ2v) is 5.68. The third-order valence-electron chi connectivity index (χ3n) is 2.40. The lowest BCUT2D eigenvalue weighted by Gasteiger charge is -2.16. The number of benzene rings is 1. The minimum atomic E-state index is -3.33. The van der Waals surface area contributed by atoms with E-state index in [2.05, 4.69) is 4.98 Å². The van der Waals surface area contributed by atoms with Gasteiger partial charge < -0.3 is 13.5 Å². The number of hydrogen-bond donors (Lipinski definition) is 0. The number of para-hydroxylation sites is 1. The third kappa shape index (κ3) is 2.34. The lowest BCUT2D eigenvalue weighted by Crippen LogP contribution is -2.11. The first-order valence-corrected chi connectivity index (χ1v) is 7.41. The molecule has 0 aliphatic heterocycles. The zero-order chi connectivity index (χ0) is 13.2. The van der Waals surface area contributed by atoms with E-state index in [9.17, 15) is 4.57 Å². The van der Waals surface area contributed by atoms with Crippen molar-refractivity contribution in [1.82, 2.24) is 4.98 Å². The summed E-state index contributed by atoms with van der Waals surface area (Å²) < 4.78 is 28.8. The van der Waals surface area contributed by atoms with Crippen molar-refractivity contribution in [2.45, 2.75) is 20.8 Å². The summed E-state index contributed by atoms with van der Waals surface area (Å²) in [6.07, 6.45) is 0. The van der Waals surface area contributed by atoms with E-state index in [1.807, 2.05) is 0 Å². The predicted octanol–water partition coefficient (Wildman–Crippen LogP) is 3.03. The van der Waals surface area contributed by atoms with Gasteiger partial charge in [0.1, 0.15) is 5.52 Å². The molecule has 6 heteroatoms. The average Bonchev–Trinajstić information content (AvgIpc) is 2.69. The molecule has 0 fully saturated rings. The van der Waals surface area contributed by atoms with Crippen molar-refractivity contribution in [3.63, 3.8) is 0 Å². The van der Waals surface area contributed by atoms with Gasteiger partial charge in [0.15, 0.2) is 11.5 Å². The molecule has 98 valence electrons. The highest BCUT2D eigenvalue weighted by molar-refractivity contribution is 7.62. The van der Waals surface area contributed by atoms with Gasteiger partial charge in [0.2, 0.25) is 0 Å². The van der Waals surface area contributed by atoms with Gasteiger partial charge in [-0.2, -0.15) is 0 Å². The Hall–Kier alpha value is -1.16. The molecule has 0 bridgehead atoms. The van der Waals surface area contributed by atoms with Crippen LogP contribution < -0.4 is 5.30 Å². The number of fused-ring (bicyclic) bond motifs is 1. The fourth-order valence-corrected chi connectivity index (χ4v) is 3.50. The Bertz CT molecular complexity index is 583. The van der Waals surface area contributed by atoms with Crippen LogP contribution in [0.4, 0.5) is 0 Å². The quantitative estimate of drug-likeness (QED) is 0.781. The average molecular weight is 269 g/mol. The van der Waals surface area contributed by atoms with E-state index in [-0.39, 0.29) is 0 Å². The van der Waals surface area contributed by atoms with Gasteiger partial charge in [0.25, 0.3) is 0 Å². The van der Waals surface area contributed by atoms with Crippen LogP contribution in [0.1, 0.15) is 19.7 Å². The topological polar surface area (TPSA) is 61.6 Å². The van der Waals surface area contributed by atoms with Crippen molar-refractivity contribution in [1.29, 1.82) is 0 Å². The highest BCUT2D eigenvalue weighted by Crippen LogP contribution is 2.48. The maximum atomic E-state index is 12.7. The van der Waals surface area contributed by atoms with Crippen LogP contribution >= 0.6 is 7.60 Å². The van der Waals surface area contributed by atoms with Crippen molar-refractivity contribution < 1.29 is 18.0 Å². The lowest BCUT2D eigenvalue weighted by molar-refractivity contribution is 0.230. The molecule has 0 radical (unpaired) electrons. The highest BCUT2D eigenvalue weighted by atomic mass is 31.2. The minimum Gasteiger partial charge on any atom is -0.441 e. The smallest absolute Gasteiger partial charge is 0.363 e. The molecule has 0 unspecified atom stereocenters. The molecule has 1 aromatic carbocycles. The molecular formula is C12H16NO4P. The number of nitrogens with zero attached hydrogens (tertiary/aromatic N) is 1. The first-order valence-electron chi connectivity index (χ1n) is 5.86. The van der Waals surface area contributed by atoms with Crippen molar-refractivity contribution in [3.05, 3.63) is 24.1 Å². The van der Waals surface area contributed by atoms with Gasteiger partial charge in [0, 0.05) is 6.92 Å². The van der Waals surface area contributed by atoms with Crippen LogP contribution in [0.5, 0.6) is 0 Å². The first kappa shape index (κ1) is 13.3. The van der Waals surface area contributed by atoms with Gasteiger partial charge in [-0.1, -0.05) is 6.07 Å². The van der Waals surface area contributed by atoms with E-state index >= 15 is 0 Å². The summed E-state index contributed by atoms with van der Waals surface area (Å²) >= 11 is 0. The molecule has 0 spiro atoms. The van der Waals surface area contributed by atoms with Crippen LogP contribution in [0.2, 0.25) is 0 Å². The second kappa shape index (κ2) is 5.22. The summed E-state index contributed by atoms with van der Waals surface area (Å²) in [5, 5.41) is 0.459. The molecule has 2 aromatic rings. The van der Waals surface area contributed by atoms with Gasteiger partial charge >= 0.3 is 7.60 Å². The Balaban J connectivity index is 2.60. The summed E-state index contributed by atoms with van der Waals surface area (Å²) in [5.41, 5.74) is 1.13. The zero-order valence-corrected chi connectivity index (χ0v) is 11.6. The van der Waals surface area contributed by atoms with E-state index < -0.39 is 7.60 Å². The van der Waals surface area contributed by atoms with Crippen molar-refractivity contribution in [2.75, 3.05) is 13.2 Å². The van der Waals surface area contributed by atoms with Gasteiger partial charge in [-0.3, -0.25) is 4.57 Å². The molecule has 0 saturated carbocycles. The van der Waals surface area contributed by atoms with Crippen LogP contribution in [0, 0.1) is 6.92 Å². The van der Waals surface area contributed by atoms with E-state index in [0.717, 1.165) is 0 Å². The number of hydrogen-bond acceptors (Lipinski definition) is 5. The predicted molar refractivity (Wildman–Crippen MR) is 69.2 cm³/mol. The largest absolute Gasteiger partial charge is 0.441 e. The van der Waals surface area contributed by atoms with Crippen molar-refractivity contribution in [2.24, 2.45) is 0 Å². The fraction of sp³-hybridized carbons (Fsp3) is 0.417. The van der Waals surface area contributed by atoms with Gasteiger partial charge in [-0.25, -0.2) is 4.98 Å². The zero-order valence-electron chi connectivity index (χ0n) is 10.7. The summed E-state index contributed by atoms with van der Waals surface area (Å²) in [7, 11) is -3.33. The molecule has 0 saturated heterocycles. The molecule has 2 rings (SSSR count). The summed E-state index contributed by atoms with van der Waals surface area (Å²) in [6, 6.07) is 5.24. The Morgan fingerprint density at radius 1 is 1.28 bits per heavy atom. The molecular weight excluding hydrogens is 253 g/mol. The second-order valence-electron chi connectivity index (χ2n) is 3.69. The summed E-state index contributed by atoms with van der Waals surface area (Å²) in [6.45, 7) is 5.92. The lowest BCUT2D eigenvalue weighted by atomic mass is 10.3. The Morgan fingerprint density at radius 3 is 2.56 bits per heavy atom. The SMILES string of the molecule is CCOP(=O)(OCC)c1cccc2oc(C)nc12. The van der Waals surface area contributed by atoms with E-state index in [4.69, 9.17) is 13.5 Å². The van der Waals surface area contributed by atoms with Crippen LogP contribution in [0.15, 0.2) is 22.6 Å². The monoisotopic (exact) mass is 269 g/mol. The maximum absolute atomic E-state index is 12.7. The molecule has 0 aliphatic rings. The fourth-order valence-electron chi connectivity index (χ4n) is 1.78. The molecule has 0 atom stereocenters. The van der Waals surface area contributed by atoms with Crippen molar-refractivity contribution in [3.8, 4) is 0 Å². The number of aromatic nitrogens is 1. The Morgan fingerprint density at radius 2 is 1.94 bits per heavy atom. The maximum Gasteiger partial charge on any atom is 0.363 e. The summed E-state index contributed by atoms with van der Waals surface area (Å²) in [4.78, 5) is 4.24. The van der Waals surface area contributed by atoms with E-state index in [0.29, 0.717) is 35.5 Å². The van der Waals surface area contributed by atoms with Crippen LogP contribution in [-0.2, 0) is 13.6 Å². The van der Waals surface area contributed by atoms with Gasteiger partial charge in [-0.15, -0.1) is 0 Å². The Labute approximate surface area is 106 Å². The normalized spacial score (nSPS) is 12.2. The first-order chi connectivity index (χ1) is 8.60. The number of oxazole rings is 1. The van der Waals surface area contributed by atoms with Gasteiger partial charge in [-0.05, 0) is 26.0 Å². The molecule has 0 aliphatic carbocycles. The van der Waals surface area contributed by atoms with Crippen LogP contribution in [0.25, 0.3) is 11.1 Å². The number of aryl methyl sites for hydroxylation is 1. The molecule has 0 amide bonds. The van der Waals surface area contributed by atoms with E-state index in [1.165, 1.54) is 0 Å². The third-order valence-corrected chi connectivity index (χ3v) is 4.54. The summed E-state index contributed by atoms with van der Waals surface area (Å²) in [5.74, 6) is 0.525. The molecule has 1 aromatic heterocycles. The van der Waals surface area contributed by atoms with Crippen LogP contribution in [-0.4, -0.2) is 18.2 Å². The minimum absolute atomic E-state index is 0.310. The van der Waals surface area contributed by atoms with E-state index in [1.54, 1.807) is 39.0 Å². The molecule has 5 nitrogen and oxygen atoms in total. The van der Waals surface area contributed by atoms with Crippen molar-refractivity contribution >= 4 is 24.0 Å². The van der Waals surface area contributed by atoms with Gasteiger partial charge in [0.05, 0.1) is 18.5 Å². The number of rotatable bonds is 5. The van der Waals surface area contributed by atoms with Crippen LogP contribution in [0.3, 0.4) is 0 Å². The molecule has 0 N–H and O–H groups in total. The Kier molecular flexibility index (Phi) is 3.85. The molecule has 1 heterocycles. The standard InChI is InChI=1S/C12H16NO4P/c1-4-15-18(14,16-5-2)11-8-6-7-10-12(11)13-9(3)17-10/h6-8H,4-5H2,1-3H3. The molecule has 18 heavy (non-hydrogen) atoms.